The number of ether oxygens (including phenoxy) is 1. The Labute approximate surface area is 77.6 Å². The van der Waals surface area contributed by atoms with Gasteiger partial charge in [-0.15, -0.1) is 0 Å². The Morgan fingerprint density at radius 2 is 2.46 bits per heavy atom. The van der Waals surface area contributed by atoms with Crippen molar-refractivity contribution < 1.29 is 14.3 Å². The van der Waals surface area contributed by atoms with Crippen LogP contribution in [0.15, 0.2) is 0 Å². The van der Waals surface area contributed by atoms with Crippen LogP contribution in [0.2, 0.25) is 0 Å². The van der Waals surface area contributed by atoms with E-state index in [2.05, 4.69) is 5.32 Å². The van der Waals surface area contributed by atoms with E-state index in [9.17, 15) is 9.59 Å². The Bertz CT molecular complexity index is 203. The van der Waals surface area contributed by atoms with Crippen molar-refractivity contribution in [1.82, 2.24) is 5.32 Å². The second-order valence-corrected chi connectivity index (χ2v) is 3.08. The molecule has 1 rings (SSSR count). The van der Waals surface area contributed by atoms with E-state index in [1.807, 2.05) is 0 Å². The van der Waals surface area contributed by atoms with Crippen LogP contribution in [0.4, 0.5) is 0 Å². The van der Waals surface area contributed by atoms with Crippen LogP contribution in [-0.4, -0.2) is 31.4 Å². The molecule has 1 fully saturated rings. The van der Waals surface area contributed by atoms with E-state index in [0.29, 0.717) is 19.6 Å². The standard InChI is InChI=1S/C9H15NO3/c1-2-13-9(12)7-6-10-5-3-4-8(7)11/h7,10H,2-6H2,1H3/t7-/m1/s1. The predicted molar refractivity (Wildman–Crippen MR) is 47.2 cm³/mol. The van der Waals surface area contributed by atoms with Gasteiger partial charge in [-0.3, -0.25) is 9.59 Å². The van der Waals surface area contributed by atoms with Crippen LogP contribution >= 0.6 is 0 Å². The molecule has 0 aromatic carbocycles. The van der Waals surface area contributed by atoms with Gasteiger partial charge in [0.25, 0.3) is 0 Å². The van der Waals surface area contributed by atoms with Crippen molar-refractivity contribution in [1.29, 1.82) is 0 Å². The number of Topliss-reactive ketones (excluding diaryl/α,β-unsaturated/α-hetero) is 1. The van der Waals surface area contributed by atoms with Crippen LogP contribution in [0.3, 0.4) is 0 Å². The summed E-state index contributed by atoms with van der Waals surface area (Å²) in [6.07, 6.45) is 1.30. The predicted octanol–water partition coefficient (Wildman–Crippen LogP) is 0.118. The molecule has 0 bridgehead atoms. The maximum absolute atomic E-state index is 11.4. The molecule has 1 saturated heterocycles. The average Bonchev–Trinajstić information content (AvgIpc) is 2.30. The van der Waals surface area contributed by atoms with Gasteiger partial charge >= 0.3 is 5.97 Å². The Balaban J connectivity index is 2.53. The minimum Gasteiger partial charge on any atom is -0.465 e. The molecule has 1 aliphatic heterocycles. The minimum absolute atomic E-state index is 0.00319. The van der Waals surface area contributed by atoms with Crippen molar-refractivity contribution in [2.24, 2.45) is 5.92 Å². The summed E-state index contributed by atoms with van der Waals surface area (Å²) in [6, 6.07) is 0. The van der Waals surface area contributed by atoms with Crippen LogP contribution in [-0.2, 0) is 14.3 Å². The number of ketones is 1. The lowest BCUT2D eigenvalue weighted by Crippen LogP contribution is -2.33. The molecule has 1 heterocycles. The quantitative estimate of drug-likeness (QED) is 0.490. The molecule has 1 atom stereocenters. The molecule has 0 spiro atoms. The largest absolute Gasteiger partial charge is 0.465 e. The summed E-state index contributed by atoms with van der Waals surface area (Å²) in [5.41, 5.74) is 0. The molecule has 4 nitrogen and oxygen atoms in total. The lowest BCUT2D eigenvalue weighted by atomic mass is 10.0. The molecule has 13 heavy (non-hydrogen) atoms. The summed E-state index contributed by atoms with van der Waals surface area (Å²) < 4.78 is 4.81. The van der Waals surface area contributed by atoms with E-state index in [1.54, 1.807) is 6.92 Å². The molecular formula is C9H15NO3. The molecule has 74 valence electrons. The first kappa shape index (κ1) is 10.2. The van der Waals surface area contributed by atoms with Gasteiger partial charge in [-0.05, 0) is 19.9 Å². The first-order valence-corrected chi connectivity index (χ1v) is 4.65. The molecular weight excluding hydrogens is 170 g/mol. The average molecular weight is 185 g/mol. The maximum atomic E-state index is 11.4. The van der Waals surface area contributed by atoms with Gasteiger partial charge in [0.05, 0.1) is 6.61 Å². The van der Waals surface area contributed by atoms with Crippen LogP contribution in [0.25, 0.3) is 0 Å². The second kappa shape index (κ2) is 4.97. The van der Waals surface area contributed by atoms with Crippen molar-refractivity contribution in [3.63, 3.8) is 0 Å². The van der Waals surface area contributed by atoms with Crippen LogP contribution in [0, 0.1) is 5.92 Å². The van der Waals surface area contributed by atoms with Crippen molar-refractivity contribution in [3.8, 4) is 0 Å². The molecule has 1 N–H and O–H groups in total. The van der Waals surface area contributed by atoms with Crippen LogP contribution in [0.1, 0.15) is 19.8 Å². The molecule has 0 radical (unpaired) electrons. The lowest BCUT2D eigenvalue weighted by Gasteiger charge is -2.10. The SMILES string of the molecule is CCOC(=O)[C@@H]1CNCCCC1=O. The highest BCUT2D eigenvalue weighted by molar-refractivity contribution is 5.99. The molecule has 0 unspecified atom stereocenters. The van der Waals surface area contributed by atoms with E-state index in [0.717, 1.165) is 13.0 Å². The van der Waals surface area contributed by atoms with E-state index < -0.39 is 5.92 Å². The van der Waals surface area contributed by atoms with E-state index in [-0.39, 0.29) is 11.8 Å². The van der Waals surface area contributed by atoms with Gasteiger partial charge in [-0.1, -0.05) is 0 Å². The Morgan fingerprint density at radius 1 is 1.69 bits per heavy atom. The summed E-state index contributed by atoms with van der Waals surface area (Å²) in [5.74, 6) is -0.965. The third kappa shape index (κ3) is 2.81. The molecule has 4 heteroatoms. The minimum atomic E-state index is -0.581. The Morgan fingerprint density at radius 3 is 3.15 bits per heavy atom. The normalized spacial score (nSPS) is 23.8. The maximum Gasteiger partial charge on any atom is 0.317 e. The van der Waals surface area contributed by atoms with E-state index in [1.165, 1.54) is 0 Å². The summed E-state index contributed by atoms with van der Waals surface area (Å²) in [4.78, 5) is 22.7. The zero-order valence-corrected chi connectivity index (χ0v) is 7.84. The third-order valence-corrected chi connectivity index (χ3v) is 2.08. The molecule has 0 aromatic heterocycles. The van der Waals surface area contributed by atoms with E-state index in [4.69, 9.17) is 4.74 Å². The Kier molecular flexibility index (Phi) is 3.89. The molecule has 1 aliphatic rings. The van der Waals surface area contributed by atoms with Gasteiger partial charge in [-0.25, -0.2) is 0 Å². The van der Waals surface area contributed by atoms with Gasteiger partial charge in [0.2, 0.25) is 0 Å². The monoisotopic (exact) mass is 185 g/mol. The van der Waals surface area contributed by atoms with Crippen LogP contribution in [0.5, 0.6) is 0 Å². The van der Waals surface area contributed by atoms with E-state index >= 15 is 0 Å². The number of rotatable bonds is 2. The fourth-order valence-electron chi connectivity index (χ4n) is 1.38. The number of hydrogen-bond donors (Lipinski definition) is 1. The third-order valence-electron chi connectivity index (χ3n) is 2.08. The number of hydrogen-bond acceptors (Lipinski definition) is 4. The number of nitrogens with one attached hydrogen (secondary N) is 1. The summed E-state index contributed by atoms with van der Waals surface area (Å²) in [5, 5.41) is 3.05. The number of carbonyl (C=O) groups excluding carboxylic acids is 2. The smallest absolute Gasteiger partial charge is 0.317 e. The van der Waals surface area contributed by atoms with Gasteiger partial charge in [0.1, 0.15) is 11.7 Å². The fraction of sp³-hybridized carbons (Fsp3) is 0.778. The van der Waals surface area contributed by atoms with Crippen molar-refractivity contribution in [3.05, 3.63) is 0 Å². The zero-order valence-electron chi connectivity index (χ0n) is 7.84. The van der Waals surface area contributed by atoms with Crippen molar-refractivity contribution in [2.75, 3.05) is 19.7 Å². The topological polar surface area (TPSA) is 55.4 Å². The molecule has 0 amide bonds. The highest BCUT2D eigenvalue weighted by Crippen LogP contribution is 2.08. The van der Waals surface area contributed by atoms with Gasteiger partial charge in [0, 0.05) is 13.0 Å². The fourth-order valence-corrected chi connectivity index (χ4v) is 1.38. The molecule has 0 aliphatic carbocycles. The first-order valence-electron chi connectivity index (χ1n) is 4.65. The summed E-state index contributed by atoms with van der Waals surface area (Å²) in [6.45, 7) is 3.31. The van der Waals surface area contributed by atoms with Gasteiger partial charge in [0.15, 0.2) is 0 Å². The van der Waals surface area contributed by atoms with Gasteiger partial charge < -0.3 is 10.1 Å². The summed E-state index contributed by atoms with van der Waals surface area (Å²) >= 11 is 0. The molecule has 0 saturated carbocycles. The highest BCUT2D eigenvalue weighted by Gasteiger charge is 2.28. The first-order chi connectivity index (χ1) is 6.25. The zero-order chi connectivity index (χ0) is 9.68. The highest BCUT2D eigenvalue weighted by atomic mass is 16.5. The summed E-state index contributed by atoms with van der Waals surface area (Å²) in [7, 11) is 0. The Hall–Kier alpha value is -0.900. The number of carbonyl (C=O) groups is 2. The van der Waals surface area contributed by atoms with Crippen LogP contribution < -0.4 is 5.32 Å². The van der Waals surface area contributed by atoms with Gasteiger partial charge in [-0.2, -0.15) is 0 Å². The number of esters is 1. The lowest BCUT2D eigenvalue weighted by molar-refractivity contribution is -0.151. The second-order valence-electron chi connectivity index (χ2n) is 3.08. The van der Waals surface area contributed by atoms with Crippen molar-refractivity contribution in [2.45, 2.75) is 19.8 Å². The molecule has 0 aromatic rings. The van der Waals surface area contributed by atoms with Crippen molar-refractivity contribution >= 4 is 11.8 Å².